The third-order valence-electron chi connectivity index (χ3n) is 2.09. The van der Waals surface area contributed by atoms with Gasteiger partial charge >= 0.3 is 0 Å². The van der Waals surface area contributed by atoms with E-state index in [1.807, 2.05) is 12.1 Å². The number of allylic oxidation sites excluding steroid dienone is 4. The average molecular weight is 154 g/mol. The summed E-state index contributed by atoms with van der Waals surface area (Å²) in [5, 5.41) is 2.01. The van der Waals surface area contributed by atoms with E-state index >= 15 is 0 Å². The zero-order valence-electron chi connectivity index (χ0n) is 6.88. The van der Waals surface area contributed by atoms with E-state index in [2.05, 4.69) is 37.4 Å². The van der Waals surface area contributed by atoms with Crippen molar-refractivity contribution in [3.05, 3.63) is 52.4 Å². The normalized spacial score (nSPS) is 13.8. The summed E-state index contributed by atoms with van der Waals surface area (Å²) in [6.45, 7) is 7.77. The second kappa shape index (κ2) is 2.49. The Morgan fingerprint density at radius 2 is 1.75 bits per heavy atom. The molecule has 0 N–H and O–H groups in total. The summed E-state index contributed by atoms with van der Waals surface area (Å²) in [5.41, 5.74) is 2.51. The molecule has 0 spiro atoms. The first-order valence-electron chi connectivity index (χ1n) is 3.94. The number of hydrogen-bond donors (Lipinski definition) is 0. The van der Waals surface area contributed by atoms with Crippen LogP contribution in [0.1, 0.15) is 5.56 Å². The molecule has 0 aromatic heterocycles. The highest BCUT2D eigenvalue weighted by Gasteiger charge is 2.00. The van der Waals surface area contributed by atoms with Crippen molar-refractivity contribution >= 4 is 18.7 Å². The highest BCUT2D eigenvalue weighted by molar-refractivity contribution is 5.80. The van der Waals surface area contributed by atoms with E-state index in [0.717, 1.165) is 10.4 Å². The van der Waals surface area contributed by atoms with Crippen molar-refractivity contribution in [2.75, 3.05) is 0 Å². The highest BCUT2D eigenvalue weighted by atomic mass is 14.0. The van der Waals surface area contributed by atoms with Gasteiger partial charge in [-0.3, -0.25) is 0 Å². The number of rotatable bonds is 1. The molecule has 0 bridgehead atoms. The topological polar surface area (TPSA) is 0 Å². The lowest BCUT2D eigenvalue weighted by Gasteiger charge is -2.06. The number of hydrogen-bond acceptors (Lipinski definition) is 0. The predicted octanol–water partition coefficient (Wildman–Crippen LogP) is 1.46. The zero-order valence-corrected chi connectivity index (χ0v) is 6.88. The molecule has 0 fully saturated rings. The molecule has 0 saturated carbocycles. The lowest BCUT2D eigenvalue weighted by molar-refractivity contribution is 1.49. The van der Waals surface area contributed by atoms with Gasteiger partial charge in [0, 0.05) is 0 Å². The van der Waals surface area contributed by atoms with E-state index in [4.69, 9.17) is 0 Å². The molecule has 1 aliphatic carbocycles. The fourth-order valence-corrected chi connectivity index (χ4v) is 1.19. The lowest BCUT2D eigenvalue weighted by atomic mass is 9.99. The Morgan fingerprint density at radius 3 is 2.25 bits per heavy atom. The van der Waals surface area contributed by atoms with Crippen LogP contribution in [0.2, 0.25) is 0 Å². The fourth-order valence-electron chi connectivity index (χ4n) is 1.19. The molecule has 0 radical (unpaired) electrons. The lowest BCUT2D eigenvalue weighted by Crippen LogP contribution is -2.21. The SMILES string of the molecule is C=c1ccc(C2=CC=C2)cc1=C. The molecule has 0 nitrogen and oxygen atoms in total. The van der Waals surface area contributed by atoms with Crippen LogP contribution in [0.4, 0.5) is 0 Å². The maximum absolute atomic E-state index is 3.91. The van der Waals surface area contributed by atoms with Gasteiger partial charge in [-0.2, -0.15) is 0 Å². The molecule has 12 heavy (non-hydrogen) atoms. The molecule has 0 saturated heterocycles. The zero-order chi connectivity index (χ0) is 8.55. The summed E-state index contributed by atoms with van der Waals surface area (Å²) in [4.78, 5) is 0. The van der Waals surface area contributed by atoms with Crippen molar-refractivity contribution in [3.8, 4) is 0 Å². The van der Waals surface area contributed by atoms with Gasteiger partial charge in [-0.1, -0.05) is 43.5 Å². The molecule has 58 valence electrons. The molecule has 0 aliphatic heterocycles. The van der Waals surface area contributed by atoms with Crippen molar-refractivity contribution in [2.45, 2.75) is 0 Å². The van der Waals surface area contributed by atoms with Gasteiger partial charge in [-0.25, -0.2) is 0 Å². The van der Waals surface area contributed by atoms with Crippen molar-refractivity contribution < 1.29 is 0 Å². The average Bonchev–Trinajstić information content (AvgIpc) is 1.93. The molecule has 0 atom stereocenters. The standard InChI is InChI=1S/C12H10/c1-9-6-7-12(8-10(9)2)11-4-3-5-11/h3-8H,1-2H2. The minimum atomic E-state index is 1.00. The van der Waals surface area contributed by atoms with Crippen LogP contribution in [-0.2, 0) is 0 Å². The Morgan fingerprint density at radius 1 is 1.00 bits per heavy atom. The Balaban J connectivity index is 2.55. The van der Waals surface area contributed by atoms with Crippen molar-refractivity contribution in [2.24, 2.45) is 0 Å². The van der Waals surface area contributed by atoms with Crippen molar-refractivity contribution in [3.63, 3.8) is 0 Å². The van der Waals surface area contributed by atoms with Gasteiger partial charge in [-0.05, 0) is 27.6 Å². The highest BCUT2D eigenvalue weighted by Crippen LogP contribution is 2.19. The summed E-state index contributed by atoms with van der Waals surface area (Å²) in [5.74, 6) is 0. The summed E-state index contributed by atoms with van der Waals surface area (Å²) in [6, 6.07) is 6.15. The van der Waals surface area contributed by atoms with Crippen LogP contribution in [0, 0.1) is 0 Å². The van der Waals surface area contributed by atoms with Crippen molar-refractivity contribution in [1.29, 1.82) is 0 Å². The molecule has 0 heteroatoms. The van der Waals surface area contributed by atoms with Gasteiger partial charge in [-0.15, -0.1) is 0 Å². The molecule has 2 rings (SSSR count). The van der Waals surface area contributed by atoms with Gasteiger partial charge in [0.15, 0.2) is 0 Å². The van der Waals surface area contributed by atoms with Crippen molar-refractivity contribution in [1.82, 2.24) is 0 Å². The van der Waals surface area contributed by atoms with Crippen LogP contribution in [-0.4, -0.2) is 0 Å². The molecule has 0 amide bonds. The Bertz CT molecular complexity index is 461. The van der Waals surface area contributed by atoms with Crippen LogP contribution in [0.3, 0.4) is 0 Å². The molecule has 1 aliphatic rings. The predicted molar refractivity (Wildman–Crippen MR) is 53.9 cm³/mol. The smallest absolute Gasteiger partial charge is 0.0178 e. The van der Waals surface area contributed by atoms with Gasteiger partial charge < -0.3 is 0 Å². The molecule has 1 aromatic rings. The molecule has 0 heterocycles. The summed E-state index contributed by atoms with van der Waals surface area (Å²) >= 11 is 0. The largest absolute Gasteiger partial charge is 0.0912 e. The van der Waals surface area contributed by atoms with Crippen LogP contribution in [0.15, 0.2) is 36.4 Å². The molecule has 0 unspecified atom stereocenters. The van der Waals surface area contributed by atoms with Crippen LogP contribution in [0.25, 0.3) is 18.7 Å². The van der Waals surface area contributed by atoms with Gasteiger partial charge in [0.2, 0.25) is 0 Å². The quantitative estimate of drug-likeness (QED) is 0.574. The minimum Gasteiger partial charge on any atom is -0.0912 e. The van der Waals surface area contributed by atoms with Gasteiger partial charge in [0.05, 0.1) is 0 Å². The first-order chi connectivity index (χ1) is 5.77. The Labute approximate surface area is 71.9 Å². The summed E-state index contributed by atoms with van der Waals surface area (Å²) in [7, 11) is 0. The van der Waals surface area contributed by atoms with E-state index in [0.29, 0.717) is 0 Å². The number of benzene rings is 1. The Hall–Kier alpha value is -1.56. The second-order valence-corrected chi connectivity index (χ2v) is 2.96. The van der Waals surface area contributed by atoms with Crippen LogP contribution < -0.4 is 10.4 Å². The fraction of sp³-hybridized carbons (Fsp3) is 0. The third-order valence-corrected chi connectivity index (χ3v) is 2.09. The van der Waals surface area contributed by atoms with E-state index in [1.165, 1.54) is 11.1 Å². The first-order valence-corrected chi connectivity index (χ1v) is 3.94. The van der Waals surface area contributed by atoms with Gasteiger partial charge in [0.1, 0.15) is 0 Å². The Kier molecular flexibility index (Phi) is 1.47. The second-order valence-electron chi connectivity index (χ2n) is 2.96. The van der Waals surface area contributed by atoms with Crippen LogP contribution >= 0.6 is 0 Å². The molecule has 1 aromatic carbocycles. The molecular weight excluding hydrogens is 144 g/mol. The van der Waals surface area contributed by atoms with Gasteiger partial charge in [0.25, 0.3) is 0 Å². The van der Waals surface area contributed by atoms with E-state index in [9.17, 15) is 0 Å². The monoisotopic (exact) mass is 154 g/mol. The minimum absolute atomic E-state index is 1.00. The summed E-state index contributed by atoms with van der Waals surface area (Å²) in [6.07, 6.45) is 6.23. The molecular formula is C12H10. The summed E-state index contributed by atoms with van der Waals surface area (Å²) < 4.78 is 0. The van der Waals surface area contributed by atoms with E-state index in [-0.39, 0.29) is 0 Å². The van der Waals surface area contributed by atoms with E-state index in [1.54, 1.807) is 0 Å². The third kappa shape index (κ3) is 1.02. The first kappa shape index (κ1) is 7.11. The maximum atomic E-state index is 3.91. The van der Waals surface area contributed by atoms with E-state index < -0.39 is 0 Å². The maximum Gasteiger partial charge on any atom is -0.0178 e. The van der Waals surface area contributed by atoms with Crippen LogP contribution in [0.5, 0.6) is 0 Å².